The molecule has 1 unspecified atom stereocenters. The van der Waals surface area contributed by atoms with Crippen LogP contribution in [0, 0.1) is 5.82 Å². The summed E-state index contributed by atoms with van der Waals surface area (Å²) in [6.45, 7) is 3.14. The Labute approximate surface area is 170 Å². The van der Waals surface area contributed by atoms with Crippen molar-refractivity contribution in [1.29, 1.82) is 0 Å². The average Bonchev–Trinajstić information content (AvgIpc) is 2.63. The lowest BCUT2D eigenvalue weighted by molar-refractivity contribution is 0.0162. The first kappa shape index (κ1) is 23.2. The summed E-state index contributed by atoms with van der Waals surface area (Å²) in [6.07, 6.45) is 0. The van der Waals surface area contributed by atoms with E-state index in [-0.39, 0.29) is 42.6 Å². The van der Waals surface area contributed by atoms with Gasteiger partial charge < -0.3 is 15.8 Å². The summed E-state index contributed by atoms with van der Waals surface area (Å²) in [6, 6.07) is 13.3. The Morgan fingerprint density at radius 3 is 2.52 bits per heavy atom. The van der Waals surface area contributed by atoms with Gasteiger partial charge in [0.1, 0.15) is 5.82 Å². The van der Waals surface area contributed by atoms with Crippen molar-refractivity contribution in [1.82, 2.24) is 10.2 Å². The van der Waals surface area contributed by atoms with Gasteiger partial charge in [-0.3, -0.25) is 9.69 Å². The molecule has 0 saturated carbocycles. The minimum Gasteiger partial charge on any atom is -0.399 e. The van der Waals surface area contributed by atoms with Gasteiger partial charge in [0, 0.05) is 30.9 Å². The van der Waals surface area contributed by atoms with E-state index < -0.39 is 0 Å². The van der Waals surface area contributed by atoms with E-state index in [1.54, 1.807) is 30.3 Å². The van der Waals surface area contributed by atoms with Gasteiger partial charge in [-0.25, -0.2) is 4.39 Å². The van der Waals surface area contributed by atoms with Crippen LogP contribution in [0.5, 0.6) is 0 Å². The standard InChI is InChI=1S/C19H22FN3O2.2ClH/c20-16-5-1-3-14(11-16)18(23-7-9-25-10-8-23)13-22-19(24)15-4-2-6-17(21)12-15;;/h1-6,11-12,18H,7-10,13,21H2,(H,22,24);2*1H. The first-order chi connectivity index (χ1) is 12.1. The number of nitrogens with zero attached hydrogens (tertiary/aromatic N) is 1. The van der Waals surface area contributed by atoms with Gasteiger partial charge in [0.15, 0.2) is 0 Å². The van der Waals surface area contributed by atoms with Crippen LogP contribution in [0.3, 0.4) is 0 Å². The molecule has 27 heavy (non-hydrogen) atoms. The number of hydrogen-bond donors (Lipinski definition) is 2. The molecule has 1 atom stereocenters. The van der Waals surface area contributed by atoms with E-state index in [0.717, 1.165) is 18.7 Å². The van der Waals surface area contributed by atoms with Gasteiger partial charge in [-0.2, -0.15) is 0 Å². The van der Waals surface area contributed by atoms with E-state index in [9.17, 15) is 9.18 Å². The predicted octanol–water partition coefficient (Wildman–Crippen LogP) is 3.05. The lowest BCUT2D eigenvalue weighted by atomic mass is 10.0. The molecule has 1 saturated heterocycles. The number of rotatable bonds is 5. The van der Waals surface area contributed by atoms with Crippen LogP contribution in [0.1, 0.15) is 22.0 Å². The third-order valence-corrected chi connectivity index (χ3v) is 4.32. The maximum Gasteiger partial charge on any atom is 0.251 e. The molecule has 148 valence electrons. The molecule has 8 heteroatoms. The van der Waals surface area contributed by atoms with Crippen molar-refractivity contribution in [2.24, 2.45) is 0 Å². The molecule has 0 bridgehead atoms. The highest BCUT2D eigenvalue weighted by atomic mass is 35.5. The van der Waals surface area contributed by atoms with E-state index in [2.05, 4.69) is 10.2 Å². The van der Waals surface area contributed by atoms with Crippen molar-refractivity contribution in [2.45, 2.75) is 6.04 Å². The average molecular weight is 416 g/mol. The Morgan fingerprint density at radius 1 is 1.15 bits per heavy atom. The largest absolute Gasteiger partial charge is 0.399 e. The Balaban J connectivity index is 0.00000182. The van der Waals surface area contributed by atoms with Crippen LogP contribution in [-0.4, -0.2) is 43.7 Å². The Bertz CT molecular complexity index is 742. The molecule has 2 aromatic rings. The van der Waals surface area contributed by atoms with Crippen molar-refractivity contribution in [3.05, 3.63) is 65.5 Å². The number of nitrogens with two attached hydrogens (primary N) is 1. The molecule has 3 N–H and O–H groups in total. The minimum atomic E-state index is -0.280. The zero-order chi connectivity index (χ0) is 17.6. The van der Waals surface area contributed by atoms with Crippen LogP contribution in [-0.2, 0) is 4.74 Å². The Hall–Kier alpha value is -1.86. The summed E-state index contributed by atoms with van der Waals surface area (Å²) in [4.78, 5) is 14.6. The summed E-state index contributed by atoms with van der Waals surface area (Å²) < 4.78 is 19.1. The Morgan fingerprint density at radius 2 is 1.85 bits per heavy atom. The molecule has 1 heterocycles. The number of carbonyl (C=O) groups excluding carboxylic acids is 1. The third kappa shape index (κ3) is 6.36. The van der Waals surface area contributed by atoms with Crippen molar-refractivity contribution < 1.29 is 13.9 Å². The van der Waals surface area contributed by atoms with Gasteiger partial charge in [-0.1, -0.05) is 18.2 Å². The number of ether oxygens (including phenoxy) is 1. The van der Waals surface area contributed by atoms with E-state index >= 15 is 0 Å². The second-order valence-electron chi connectivity index (χ2n) is 6.05. The maximum absolute atomic E-state index is 13.7. The van der Waals surface area contributed by atoms with E-state index in [1.165, 1.54) is 12.1 Å². The quantitative estimate of drug-likeness (QED) is 0.736. The second-order valence-corrected chi connectivity index (χ2v) is 6.05. The molecular formula is C19H24Cl2FN3O2. The molecule has 1 fully saturated rings. The third-order valence-electron chi connectivity index (χ3n) is 4.32. The lowest BCUT2D eigenvalue weighted by Gasteiger charge is -2.35. The van der Waals surface area contributed by atoms with Crippen LogP contribution in [0.25, 0.3) is 0 Å². The van der Waals surface area contributed by atoms with Gasteiger partial charge >= 0.3 is 0 Å². The van der Waals surface area contributed by atoms with Crippen molar-refractivity contribution in [3.63, 3.8) is 0 Å². The van der Waals surface area contributed by atoms with Gasteiger partial charge in [0.25, 0.3) is 5.91 Å². The first-order valence-electron chi connectivity index (χ1n) is 8.34. The summed E-state index contributed by atoms with van der Waals surface area (Å²) in [5.74, 6) is -0.472. The topological polar surface area (TPSA) is 67.6 Å². The van der Waals surface area contributed by atoms with Crippen LogP contribution in [0.15, 0.2) is 48.5 Å². The molecule has 0 aliphatic carbocycles. The zero-order valence-corrected chi connectivity index (χ0v) is 16.4. The van der Waals surface area contributed by atoms with Crippen molar-refractivity contribution in [3.8, 4) is 0 Å². The smallest absolute Gasteiger partial charge is 0.251 e. The van der Waals surface area contributed by atoms with Gasteiger partial charge in [-0.15, -0.1) is 24.8 Å². The molecule has 0 aromatic heterocycles. The summed E-state index contributed by atoms with van der Waals surface area (Å²) >= 11 is 0. The molecule has 1 aliphatic rings. The number of nitrogens with one attached hydrogen (secondary N) is 1. The molecule has 1 amide bonds. The first-order valence-corrected chi connectivity index (χ1v) is 8.34. The number of hydrogen-bond acceptors (Lipinski definition) is 4. The zero-order valence-electron chi connectivity index (χ0n) is 14.8. The second kappa shape index (κ2) is 11.1. The van der Waals surface area contributed by atoms with Crippen LogP contribution in [0.4, 0.5) is 10.1 Å². The summed E-state index contributed by atoms with van der Waals surface area (Å²) in [5, 5.41) is 2.94. The van der Waals surface area contributed by atoms with Crippen molar-refractivity contribution in [2.75, 3.05) is 38.6 Å². The molecule has 0 radical (unpaired) electrons. The van der Waals surface area contributed by atoms with E-state index in [0.29, 0.717) is 31.0 Å². The monoisotopic (exact) mass is 415 g/mol. The molecule has 5 nitrogen and oxygen atoms in total. The number of morpholine rings is 1. The number of nitrogen functional groups attached to an aromatic ring is 1. The lowest BCUT2D eigenvalue weighted by Crippen LogP contribution is -2.43. The maximum atomic E-state index is 13.7. The fourth-order valence-electron chi connectivity index (χ4n) is 3.03. The van der Waals surface area contributed by atoms with Crippen molar-refractivity contribution >= 4 is 36.4 Å². The Kier molecular flexibility index (Phi) is 9.52. The highest BCUT2D eigenvalue weighted by Crippen LogP contribution is 2.22. The van der Waals surface area contributed by atoms with E-state index in [4.69, 9.17) is 10.5 Å². The van der Waals surface area contributed by atoms with Crippen LogP contribution in [0.2, 0.25) is 0 Å². The SMILES string of the molecule is Cl.Cl.Nc1cccc(C(=O)NCC(c2cccc(F)c2)N2CCOCC2)c1. The van der Waals surface area contributed by atoms with Gasteiger partial charge in [0.05, 0.1) is 19.3 Å². The summed E-state index contributed by atoms with van der Waals surface area (Å²) in [7, 11) is 0. The number of anilines is 1. The van der Waals surface area contributed by atoms with Gasteiger partial charge in [0.2, 0.25) is 0 Å². The number of benzene rings is 2. The minimum absolute atomic E-state index is 0. The highest BCUT2D eigenvalue weighted by molar-refractivity contribution is 5.95. The molecule has 1 aliphatic heterocycles. The van der Waals surface area contributed by atoms with Gasteiger partial charge in [-0.05, 0) is 35.9 Å². The predicted molar refractivity (Wildman–Crippen MR) is 109 cm³/mol. The number of carbonyl (C=O) groups is 1. The fraction of sp³-hybridized carbons (Fsp3) is 0.316. The summed E-state index contributed by atoms with van der Waals surface area (Å²) in [5.41, 5.74) is 7.63. The highest BCUT2D eigenvalue weighted by Gasteiger charge is 2.23. The fourth-order valence-corrected chi connectivity index (χ4v) is 3.03. The number of amides is 1. The van der Waals surface area contributed by atoms with Crippen LogP contribution < -0.4 is 11.1 Å². The molecular weight excluding hydrogens is 392 g/mol. The van der Waals surface area contributed by atoms with E-state index in [1.807, 2.05) is 6.07 Å². The molecule has 0 spiro atoms. The molecule has 3 rings (SSSR count). The normalized spacial score (nSPS) is 15.1. The van der Waals surface area contributed by atoms with Crippen LogP contribution >= 0.6 is 24.8 Å². The number of halogens is 3. The molecule has 2 aromatic carbocycles.